The highest BCUT2D eigenvalue weighted by Gasteiger charge is 2.20. The van der Waals surface area contributed by atoms with Crippen LogP contribution in [0.5, 0.6) is 0 Å². The maximum atomic E-state index is 13.0. The number of aromatic nitrogens is 1. The Kier molecular flexibility index (Phi) is 5.95. The molecular weight excluding hydrogens is 373 g/mol. The summed E-state index contributed by atoms with van der Waals surface area (Å²) in [7, 11) is 3.83. The summed E-state index contributed by atoms with van der Waals surface area (Å²) in [6.45, 7) is 1.41. The first-order valence-corrected chi connectivity index (χ1v) is 8.15. The number of ketones is 1. The smallest absolute Gasteiger partial charge is 0.221 e. The van der Waals surface area contributed by atoms with E-state index in [1.54, 1.807) is 24.3 Å². The van der Waals surface area contributed by atoms with E-state index in [4.69, 9.17) is 11.6 Å². The number of nitrogens with one attached hydrogen (secondary N) is 2. The number of nitrogens with zero attached hydrogens (tertiary/aromatic N) is 1. The molecule has 5 nitrogen and oxygen atoms in total. The number of hydrogen-bond acceptors (Lipinski definition) is 3. The number of aromatic amines is 1. The first kappa shape index (κ1) is 19.8. The standard InChI is InChI=1S/C19H18ClN3O2.ClH/c1-11(24)21-17-15-8-7-13(20)10-16(15)22-18(17)19(25)12-5-4-6-14(9-12)23(2)3;/h4-10,22H,1-3H3,(H,21,24);1H. The summed E-state index contributed by atoms with van der Waals surface area (Å²) in [5, 5.41) is 4.05. The Hall–Kier alpha value is -2.50. The second-order valence-corrected chi connectivity index (χ2v) is 6.46. The normalized spacial score (nSPS) is 10.3. The van der Waals surface area contributed by atoms with Gasteiger partial charge in [0, 0.05) is 48.2 Å². The lowest BCUT2D eigenvalue weighted by molar-refractivity contribution is -0.114. The molecule has 0 aliphatic heterocycles. The summed E-state index contributed by atoms with van der Waals surface area (Å²) >= 11 is 6.04. The van der Waals surface area contributed by atoms with Crippen LogP contribution in [0.1, 0.15) is 23.0 Å². The Bertz CT molecular complexity index is 980. The average molecular weight is 392 g/mol. The van der Waals surface area contributed by atoms with Crippen molar-refractivity contribution < 1.29 is 9.59 Å². The molecule has 0 radical (unpaired) electrons. The average Bonchev–Trinajstić information content (AvgIpc) is 2.91. The number of fused-ring (bicyclic) bond motifs is 1. The third-order valence-electron chi connectivity index (χ3n) is 3.91. The van der Waals surface area contributed by atoms with Gasteiger partial charge in [0.05, 0.1) is 5.69 Å². The summed E-state index contributed by atoms with van der Waals surface area (Å²) in [4.78, 5) is 29.7. The van der Waals surface area contributed by atoms with Crippen LogP contribution >= 0.6 is 24.0 Å². The van der Waals surface area contributed by atoms with Gasteiger partial charge in [-0.1, -0.05) is 23.7 Å². The highest BCUT2D eigenvalue weighted by atomic mass is 35.5. The Morgan fingerprint density at radius 2 is 1.85 bits per heavy atom. The highest BCUT2D eigenvalue weighted by Crippen LogP contribution is 2.31. The molecule has 136 valence electrons. The molecule has 3 rings (SSSR count). The van der Waals surface area contributed by atoms with Gasteiger partial charge in [0.15, 0.2) is 0 Å². The molecule has 0 aliphatic carbocycles. The quantitative estimate of drug-likeness (QED) is 0.643. The molecule has 1 amide bonds. The maximum Gasteiger partial charge on any atom is 0.221 e. The molecule has 2 aromatic carbocycles. The van der Waals surface area contributed by atoms with E-state index < -0.39 is 0 Å². The number of rotatable bonds is 4. The Labute approximate surface area is 162 Å². The van der Waals surface area contributed by atoms with Gasteiger partial charge in [-0.05, 0) is 30.3 Å². The molecule has 0 atom stereocenters. The molecule has 0 spiro atoms. The van der Waals surface area contributed by atoms with Gasteiger partial charge in [-0.25, -0.2) is 0 Å². The van der Waals surface area contributed by atoms with Gasteiger partial charge in [0.2, 0.25) is 11.7 Å². The van der Waals surface area contributed by atoms with Crippen molar-refractivity contribution in [2.45, 2.75) is 6.92 Å². The molecule has 0 aliphatic rings. The lowest BCUT2D eigenvalue weighted by Crippen LogP contribution is -2.12. The molecule has 0 saturated heterocycles. The molecule has 26 heavy (non-hydrogen) atoms. The Morgan fingerprint density at radius 3 is 2.50 bits per heavy atom. The van der Waals surface area contributed by atoms with Crippen LogP contribution in [0.3, 0.4) is 0 Å². The Balaban J connectivity index is 0.00000243. The summed E-state index contributed by atoms with van der Waals surface area (Å²) < 4.78 is 0. The summed E-state index contributed by atoms with van der Waals surface area (Å²) in [6.07, 6.45) is 0. The summed E-state index contributed by atoms with van der Waals surface area (Å²) in [5.41, 5.74) is 2.97. The van der Waals surface area contributed by atoms with Crippen LogP contribution in [0, 0.1) is 0 Å². The SMILES string of the molecule is CC(=O)Nc1c(C(=O)c2cccc(N(C)C)c2)[nH]c2cc(Cl)ccc12.Cl. The van der Waals surface area contributed by atoms with Gasteiger partial charge in [-0.15, -0.1) is 12.4 Å². The van der Waals surface area contributed by atoms with Crippen molar-refractivity contribution in [2.75, 3.05) is 24.3 Å². The minimum atomic E-state index is -0.244. The maximum absolute atomic E-state index is 13.0. The molecule has 1 heterocycles. The second-order valence-electron chi connectivity index (χ2n) is 6.02. The molecule has 0 saturated carbocycles. The number of carbonyl (C=O) groups excluding carboxylic acids is 2. The van der Waals surface area contributed by atoms with Gasteiger partial charge >= 0.3 is 0 Å². The van der Waals surface area contributed by atoms with Crippen LogP contribution in [-0.4, -0.2) is 30.8 Å². The third kappa shape index (κ3) is 3.84. The van der Waals surface area contributed by atoms with Crippen molar-refractivity contribution in [2.24, 2.45) is 0 Å². The fraction of sp³-hybridized carbons (Fsp3) is 0.158. The van der Waals surface area contributed by atoms with Gasteiger partial charge in [0.1, 0.15) is 5.69 Å². The van der Waals surface area contributed by atoms with E-state index in [2.05, 4.69) is 10.3 Å². The zero-order valence-corrected chi connectivity index (χ0v) is 16.2. The molecule has 2 N–H and O–H groups in total. The van der Waals surface area contributed by atoms with E-state index in [1.807, 2.05) is 37.2 Å². The van der Waals surface area contributed by atoms with Gasteiger partial charge in [-0.2, -0.15) is 0 Å². The van der Waals surface area contributed by atoms with E-state index in [0.717, 1.165) is 11.1 Å². The number of anilines is 2. The van der Waals surface area contributed by atoms with Crippen molar-refractivity contribution in [3.63, 3.8) is 0 Å². The number of carbonyl (C=O) groups is 2. The fourth-order valence-electron chi connectivity index (χ4n) is 2.72. The predicted octanol–water partition coefficient (Wildman–Crippen LogP) is 4.50. The van der Waals surface area contributed by atoms with Crippen LogP contribution < -0.4 is 10.2 Å². The number of amides is 1. The zero-order valence-electron chi connectivity index (χ0n) is 14.6. The van der Waals surface area contributed by atoms with Crippen molar-refractivity contribution in [1.82, 2.24) is 4.98 Å². The second kappa shape index (κ2) is 7.81. The van der Waals surface area contributed by atoms with Crippen LogP contribution in [-0.2, 0) is 4.79 Å². The van der Waals surface area contributed by atoms with Gasteiger partial charge < -0.3 is 15.2 Å². The van der Waals surface area contributed by atoms with Crippen LogP contribution in [0.2, 0.25) is 5.02 Å². The molecule has 0 bridgehead atoms. The minimum Gasteiger partial charge on any atom is -0.378 e. The van der Waals surface area contributed by atoms with E-state index in [1.165, 1.54) is 6.92 Å². The van der Waals surface area contributed by atoms with Crippen molar-refractivity contribution in [3.8, 4) is 0 Å². The van der Waals surface area contributed by atoms with Gasteiger partial charge in [0.25, 0.3) is 0 Å². The number of H-pyrrole nitrogens is 1. The monoisotopic (exact) mass is 391 g/mol. The highest BCUT2D eigenvalue weighted by molar-refractivity contribution is 6.31. The molecule has 1 aromatic heterocycles. The summed E-state index contributed by atoms with van der Waals surface area (Å²) in [5.74, 6) is -0.438. The molecule has 7 heteroatoms. The number of hydrogen-bond donors (Lipinski definition) is 2. The summed E-state index contributed by atoms with van der Waals surface area (Å²) in [6, 6.07) is 12.6. The molecular formula is C19H19Cl2N3O2. The topological polar surface area (TPSA) is 65.2 Å². The van der Waals surface area contributed by atoms with Crippen molar-refractivity contribution >= 4 is 58.0 Å². The largest absolute Gasteiger partial charge is 0.378 e. The zero-order chi connectivity index (χ0) is 18.1. The Morgan fingerprint density at radius 1 is 1.12 bits per heavy atom. The van der Waals surface area contributed by atoms with Crippen LogP contribution in [0.15, 0.2) is 42.5 Å². The molecule has 0 fully saturated rings. The van der Waals surface area contributed by atoms with Crippen LogP contribution in [0.4, 0.5) is 11.4 Å². The first-order valence-electron chi connectivity index (χ1n) is 7.77. The van der Waals surface area contributed by atoms with Crippen LogP contribution in [0.25, 0.3) is 10.9 Å². The van der Waals surface area contributed by atoms with E-state index in [9.17, 15) is 9.59 Å². The third-order valence-corrected chi connectivity index (χ3v) is 4.15. The van der Waals surface area contributed by atoms with Gasteiger partial charge in [-0.3, -0.25) is 9.59 Å². The molecule has 0 unspecified atom stereocenters. The minimum absolute atomic E-state index is 0. The first-order chi connectivity index (χ1) is 11.9. The fourth-order valence-corrected chi connectivity index (χ4v) is 2.89. The lowest BCUT2D eigenvalue weighted by atomic mass is 10.1. The predicted molar refractivity (Wildman–Crippen MR) is 109 cm³/mol. The van der Waals surface area contributed by atoms with E-state index in [-0.39, 0.29) is 24.1 Å². The number of benzene rings is 2. The molecule has 3 aromatic rings. The van der Waals surface area contributed by atoms with E-state index >= 15 is 0 Å². The van der Waals surface area contributed by atoms with Crippen molar-refractivity contribution in [1.29, 1.82) is 0 Å². The van der Waals surface area contributed by atoms with Crippen molar-refractivity contribution in [3.05, 3.63) is 58.7 Å². The number of halogens is 2. The van der Waals surface area contributed by atoms with E-state index in [0.29, 0.717) is 27.5 Å². The lowest BCUT2D eigenvalue weighted by Gasteiger charge is -2.13.